The molecule has 34 heavy (non-hydrogen) atoms. The second-order valence-corrected chi connectivity index (χ2v) is 9.74. The van der Waals surface area contributed by atoms with Crippen molar-refractivity contribution in [2.24, 2.45) is 5.41 Å². The summed E-state index contributed by atoms with van der Waals surface area (Å²) in [7, 11) is 2.15. The summed E-state index contributed by atoms with van der Waals surface area (Å²) in [6.45, 7) is 7.77. The van der Waals surface area contributed by atoms with Crippen molar-refractivity contribution in [1.29, 1.82) is 0 Å². The fourth-order valence-electron chi connectivity index (χ4n) is 4.83. The third-order valence-electron chi connectivity index (χ3n) is 6.70. The molecule has 1 N–H and O–H groups in total. The lowest BCUT2D eigenvalue weighted by atomic mass is 9.72. The molecular formula is C23H28F2N8O. The molecular weight excluding hydrogens is 442 g/mol. The van der Waals surface area contributed by atoms with Crippen LogP contribution in [0.2, 0.25) is 0 Å². The molecule has 3 aromatic heterocycles. The predicted octanol–water partition coefficient (Wildman–Crippen LogP) is 3.12. The number of aromatic nitrogens is 5. The number of pyridine rings is 1. The zero-order chi connectivity index (χ0) is 24.3. The minimum Gasteiger partial charge on any atom is -0.353 e. The Balaban J connectivity index is 1.58. The van der Waals surface area contributed by atoms with Crippen LogP contribution in [0.15, 0.2) is 18.3 Å². The Bertz CT molecular complexity index is 1250. The zero-order valence-electron chi connectivity index (χ0n) is 19.8. The van der Waals surface area contributed by atoms with Crippen molar-refractivity contribution in [3.63, 3.8) is 0 Å². The fraction of sp³-hybridized carbons (Fsp3) is 0.522. The Morgan fingerprint density at radius 2 is 1.88 bits per heavy atom. The number of piperidine rings is 1. The first kappa shape index (κ1) is 22.6. The molecule has 0 aliphatic carbocycles. The molecule has 3 aromatic rings. The van der Waals surface area contributed by atoms with Gasteiger partial charge in [-0.2, -0.15) is 8.78 Å². The normalized spacial score (nSPS) is 18.4. The van der Waals surface area contributed by atoms with Crippen LogP contribution in [0, 0.1) is 12.3 Å². The van der Waals surface area contributed by atoms with Crippen molar-refractivity contribution in [3.05, 3.63) is 29.8 Å². The van der Waals surface area contributed by atoms with Gasteiger partial charge in [-0.05, 0) is 39.9 Å². The average Bonchev–Trinajstić information content (AvgIpc) is 3.10. The van der Waals surface area contributed by atoms with E-state index in [1.807, 2.05) is 0 Å². The molecule has 2 fully saturated rings. The first-order valence-electron chi connectivity index (χ1n) is 11.4. The van der Waals surface area contributed by atoms with Crippen molar-refractivity contribution in [2.45, 2.75) is 39.5 Å². The molecule has 5 rings (SSSR count). The number of nitrogens with one attached hydrogen (secondary N) is 1. The molecule has 9 nitrogen and oxygen atoms in total. The molecule has 2 aliphatic rings. The smallest absolute Gasteiger partial charge is 0.303 e. The van der Waals surface area contributed by atoms with E-state index in [0.29, 0.717) is 17.0 Å². The number of halogens is 2. The minimum absolute atomic E-state index is 0.245. The van der Waals surface area contributed by atoms with Crippen molar-refractivity contribution >= 4 is 28.4 Å². The van der Waals surface area contributed by atoms with Crippen LogP contribution in [0.1, 0.15) is 38.2 Å². The Morgan fingerprint density at radius 1 is 1.18 bits per heavy atom. The minimum atomic E-state index is -3.19. The average molecular weight is 471 g/mol. The van der Waals surface area contributed by atoms with Gasteiger partial charge in [-0.25, -0.2) is 19.6 Å². The highest BCUT2D eigenvalue weighted by atomic mass is 19.3. The van der Waals surface area contributed by atoms with E-state index in [-0.39, 0.29) is 17.1 Å². The van der Waals surface area contributed by atoms with Gasteiger partial charge in [0.1, 0.15) is 5.82 Å². The lowest BCUT2D eigenvalue weighted by molar-refractivity contribution is -0.114. The van der Waals surface area contributed by atoms with Crippen molar-refractivity contribution in [3.8, 4) is 5.82 Å². The molecule has 0 saturated carbocycles. The number of hydrogen-bond acceptors (Lipinski definition) is 7. The Labute approximate surface area is 196 Å². The molecule has 2 saturated heterocycles. The first-order valence-corrected chi connectivity index (χ1v) is 11.4. The van der Waals surface area contributed by atoms with Gasteiger partial charge in [-0.3, -0.25) is 4.79 Å². The number of anilines is 2. The largest absolute Gasteiger partial charge is 0.353 e. The number of nitrogens with zero attached hydrogens (tertiary/aromatic N) is 7. The molecule has 0 atom stereocenters. The van der Waals surface area contributed by atoms with Gasteiger partial charge in [-0.1, -0.05) is 0 Å². The fourth-order valence-corrected chi connectivity index (χ4v) is 4.83. The lowest BCUT2D eigenvalue weighted by Crippen LogP contribution is -2.60. The lowest BCUT2D eigenvalue weighted by Gasteiger charge is -2.54. The molecule has 0 unspecified atom stereocenters. The summed E-state index contributed by atoms with van der Waals surface area (Å²) >= 11 is 0. The molecule has 2 aliphatic heterocycles. The zero-order valence-corrected chi connectivity index (χ0v) is 19.8. The standard InChI is InChI=1S/C23H28F2N8O/c1-14-9-19(29-21(27-14)22(3,24)25)33-17-10-18(28-15(2)34)26-11-16(17)20(30-33)32-12-23(13-32)5-7-31(4)8-6-23/h9-11H,5-8,12-13H2,1-4H3,(H,26,28,34). The molecule has 1 spiro atoms. The van der Waals surface area contributed by atoms with E-state index in [2.05, 4.69) is 37.1 Å². The Hall–Kier alpha value is -3.21. The summed E-state index contributed by atoms with van der Waals surface area (Å²) < 4.78 is 29.7. The van der Waals surface area contributed by atoms with Crippen LogP contribution in [0.25, 0.3) is 16.7 Å². The van der Waals surface area contributed by atoms with Crippen LogP contribution in [-0.2, 0) is 10.7 Å². The van der Waals surface area contributed by atoms with Crippen molar-refractivity contribution in [2.75, 3.05) is 43.4 Å². The van der Waals surface area contributed by atoms with E-state index in [1.165, 1.54) is 6.92 Å². The summed E-state index contributed by atoms with van der Waals surface area (Å²) in [6, 6.07) is 3.32. The molecule has 5 heterocycles. The number of fused-ring (bicyclic) bond motifs is 1. The number of aryl methyl sites for hydroxylation is 1. The molecule has 0 bridgehead atoms. The summed E-state index contributed by atoms with van der Waals surface area (Å²) in [5, 5.41) is 8.26. The number of carbonyl (C=O) groups excluding carboxylic acids is 1. The van der Waals surface area contributed by atoms with Gasteiger partial charge >= 0.3 is 5.92 Å². The van der Waals surface area contributed by atoms with Crippen LogP contribution in [0.4, 0.5) is 20.4 Å². The Morgan fingerprint density at radius 3 is 2.53 bits per heavy atom. The van der Waals surface area contributed by atoms with E-state index in [1.54, 1.807) is 29.9 Å². The highest BCUT2D eigenvalue weighted by Crippen LogP contribution is 2.44. The van der Waals surface area contributed by atoms with Crippen LogP contribution >= 0.6 is 0 Å². The van der Waals surface area contributed by atoms with Crippen molar-refractivity contribution < 1.29 is 13.6 Å². The van der Waals surface area contributed by atoms with E-state index in [4.69, 9.17) is 5.10 Å². The van der Waals surface area contributed by atoms with Gasteiger partial charge < -0.3 is 15.1 Å². The summed E-state index contributed by atoms with van der Waals surface area (Å²) in [5.41, 5.74) is 1.33. The number of alkyl halides is 2. The van der Waals surface area contributed by atoms with Gasteiger partial charge in [-0.15, -0.1) is 5.10 Å². The Kier molecular flexibility index (Phi) is 5.27. The highest BCUT2D eigenvalue weighted by molar-refractivity contribution is 5.95. The second kappa shape index (κ2) is 7.93. The van der Waals surface area contributed by atoms with Gasteiger partial charge in [0, 0.05) is 56.4 Å². The summed E-state index contributed by atoms with van der Waals surface area (Å²) in [4.78, 5) is 28.6. The topological polar surface area (TPSA) is 92.1 Å². The van der Waals surface area contributed by atoms with E-state index in [0.717, 1.165) is 57.1 Å². The van der Waals surface area contributed by atoms with E-state index < -0.39 is 11.7 Å². The SMILES string of the molecule is CC(=O)Nc1cc2c(cn1)c(N1CC3(CCN(C)CC3)C1)nn2-c1cc(C)nc(C(C)(F)F)n1. The molecule has 180 valence electrons. The number of amides is 1. The van der Waals surface area contributed by atoms with Gasteiger partial charge in [0.2, 0.25) is 11.7 Å². The highest BCUT2D eigenvalue weighted by Gasteiger charge is 2.45. The molecule has 11 heteroatoms. The third kappa shape index (κ3) is 4.08. The summed E-state index contributed by atoms with van der Waals surface area (Å²) in [6.07, 6.45) is 3.95. The monoisotopic (exact) mass is 470 g/mol. The first-order chi connectivity index (χ1) is 16.0. The van der Waals surface area contributed by atoms with Gasteiger partial charge in [0.15, 0.2) is 11.6 Å². The summed E-state index contributed by atoms with van der Waals surface area (Å²) in [5.74, 6) is -2.66. The van der Waals surface area contributed by atoms with Gasteiger partial charge in [0.05, 0.1) is 10.9 Å². The quantitative estimate of drug-likeness (QED) is 0.626. The second-order valence-electron chi connectivity index (χ2n) is 9.74. The van der Waals surface area contributed by atoms with Crippen LogP contribution < -0.4 is 10.2 Å². The van der Waals surface area contributed by atoms with Crippen LogP contribution in [0.5, 0.6) is 0 Å². The molecule has 0 aromatic carbocycles. The van der Waals surface area contributed by atoms with Crippen LogP contribution in [0.3, 0.4) is 0 Å². The number of carbonyl (C=O) groups is 1. The number of hydrogen-bond donors (Lipinski definition) is 1. The predicted molar refractivity (Wildman–Crippen MR) is 124 cm³/mol. The maximum Gasteiger partial charge on any atom is 0.303 e. The van der Waals surface area contributed by atoms with Crippen LogP contribution in [-0.4, -0.2) is 68.8 Å². The van der Waals surface area contributed by atoms with E-state index in [9.17, 15) is 13.6 Å². The number of rotatable bonds is 4. The third-order valence-corrected chi connectivity index (χ3v) is 6.70. The number of likely N-dealkylation sites (tertiary alicyclic amines) is 1. The van der Waals surface area contributed by atoms with Gasteiger partial charge in [0.25, 0.3) is 0 Å². The van der Waals surface area contributed by atoms with Crippen molar-refractivity contribution in [1.82, 2.24) is 29.6 Å². The maximum atomic E-state index is 14.1. The molecule has 1 amide bonds. The van der Waals surface area contributed by atoms with E-state index >= 15 is 0 Å². The maximum absolute atomic E-state index is 14.1. The molecule has 0 radical (unpaired) electrons.